The van der Waals surface area contributed by atoms with Crippen molar-refractivity contribution >= 4 is 17.5 Å². The van der Waals surface area contributed by atoms with Crippen LogP contribution in [-0.4, -0.2) is 19.0 Å². The van der Waals surface area contributed by atoms with Gasteiger partial charge in [-0.1, -0.05) is 38.3 Å². The van der Waals surface area contributed by atoms with Crippen LogP contribution in [0.5, 0.6) is 5.75 Å². The minimum Gasteiger partial charge on any atom is -0.496 e. The highest BCUT2D eigenvalue weighted by Gasteiger charge is 2.18. The number of ether oxygens (including phenoxy) is 3. The van der Waals surface area contributed by atoms with Gasteiger partial charge in [-0.05, 0) is 43.5 Å². The van der Waals surface area contributed by atoms with Gasteiger partial charge in [0.1, 0.15) is 17.3 Å². The first kappa shape index (κ1) is 21.0. The molecule has 28 heavy (non-hydrogen) atoms. The van der Waals surface area contributed by atoms with Crippen molar-refractivity contribution in [2.24, 2.45) is 5.92 Å². The minimum absolute atomic E-state index is 0.00672. The van der Waals surface area contributed by atoms with E-state index in [-0.39, 0.29) is 5.92 Å². The summed E-state index contributed by atoms with van der Waals surface area (Å²) in [5, 5.41) is 0. The number of hydrogen-bond donors (Lipinski definition) is 0. The lowest BCUT2D eigenvalue weighted by atomic mass is 10.0. The van der Waals surface area contributed by atoms with Crippen molar-refractivity contribution in [2.45, 2.75) is 20.8 Å². The van der Waals surface area contributed by atoms with E-state index in [2.05, 4.69) is 13.2 Å². The Hall–Kier alpha value is -3.34. The number of rotatable bonds is 6. The van der Waals surface area contributed by atoms with Crippen molar-refractivity contribution in [3.63, 3.8) is 0 Å². The number of methoxy groups -OCH3 is 1. The Kier molecular flexibility index (Phi) is 6.77. The zero-order valence-electron chi connectivity index (χ0n) is 16.6. The highest BCUT2D eigenvalue weighted by Crippen LogP contribution is 2.31. The van der Waals surface area contributed by atoms with Crippen molar-refractivity contribution in [2.75, 3.05) is 7.11 Å². The van der Waals surface area contributed by atoms with Crippen LogP contribution in [0.2, 0.25) is 0 Å². The molecule has 5 heteroatoms. The summed E-state index contributed by atoms with van der Waals surface area (Å²) in [5.41, 5.74) is 2.36. The molecule has 0 aromatic heterocycles. The molecule has 0 saturated carbocycles. The van der Waals surface area contributed by atoms with Crippen LogP contribution in [0.15, 0.2) is 78.3 Å². The molecule has 1 atom stereocenters. The summed E-state index contributed by atoms with van der Waals surface area (Å²) in [4.78, 5) is 23.5. The van der Waals surface area contributed by atoms with Crippen molar-refractivity contribution in [1.82, 2.24) is 0 Å². The number of esters is 2. The highest BCUT2D eigenvalue weighted by atomic mass is 16.5. The summed E-state index contributed by atoms with van der Waals surface area (Å²) in [5.74, 6) is 0.411. The maximum atomic E-state index is 11.9. The molecule has 1 aliphatic rings. The van der Waals surface area contributed by atoms with E-state index in [9.17, 15) is 9.59 Å². The quantitative estimate of drug-likeness (QED) is 0.405. The molecular weight excluding hydrogens is 356 g/mol. The van der Waals surface area contributed by atoms with Crippen LogP contribution < -0.4 is 4.74 Å². The Morgan fingerprint density at radius 2 is 1.50 bits per heavy atom. The van der Waals surface area contributed by atoms with Crippen molar-refractivity contribution in [3.05, 3.63) is 83.9 Å². The van der Waals surface area contributed by atoms with E-state index in [1.165, 1.54) is 0 Å². The van der Waals surface area contributed by atoms with Gasteiger partial charge in [0, 0.05) is 22.8 Å². The van der Waals surface area contributed by atoms with E-state index >= 15 is 0 Å². The number of benzene rings is 1. The molecule has 2 rings (SSSR count). The molecule has 0 bridgehead atoms. The Morgan fingerprint density at radius 3 is 2.04 bits per heavy atom. The fraction of sp³-hybridized carbons (Fsp3) is 0.217. The Balaban J connectivity index is 2.29. The van der Waals surface area contributed by atoms with Crippen molar-refractivity contribution in [1.29, 1.82) is 0 Å². The standard InChI is InChI=1S/C23H24O5/c1-14(2)22(24)27-18-9-7-17(8-10-18)20-12-16(5)11-19(13-21(20)26-6)28-23(25)15(3)4/h7-13,16H,1,3H2,2,4-6H3. The van der Waals surface area contributed by atoms with Crippen LogP contribution in [0.4, 0.5) is 0 Å². The zero-order chi connectivity index (χ0) is 20.8. The SMILES string of the molecule is C=C(C)C(=O)OC1=CC(C)C=C(c2ccc(OC(=O)C(=C)C)cc2)C(OC)=C1. The summed E-state index contributed by atoms with van der Waals surface area (Å²) in [6, 6.07) is 7.07. The Morgan fingerprint density at radius 1 is 0.929 bits per heavy atom. The molecule has 1 unspecified atom stereocenters. The number of carbonyl (C=O) groups is 2. The first-order chi connectivity index (χ1) is 13.2. The third kappa shape index (κ3) is 5.33. The van der Waals surface area contributed by atoms with Gasteiger partial charge >= 0.3 is 11.9 Å². The molecule has 0 fully saturated rings. The number of hydrogen-bond acceptors (Lipinski definition) is 5. The number of allylic oxidation sites excluding steroid dienone is 4. The van der Waals surface area contributed by atoms with E-state index in [0.717, 1.165) is 11.1 Å². The molecule has 5 nitrogen and oxygen atoms in total. The molecule has 0 amide bonds. The monoisotopic (exact) mass is 380 g/mol. The lowest BCUT2D eigenvalue weighted by molar-refractivity contribution is -0.134. The third-order valence-electron chi connectivity index (χ3n) is 3.90. The van der Waals surface area contributed by atoms with Gasteiger partial charge in [-0.25, -0.2) is 9.59 Å². The molecule has 1 aromatic rings. The van der Waals surface area contributed by atoms with E-state index in [0.29, 0.717) is 28.4 Å². The lowest BCUT2D eigenvalue weighted by Crippen LogP contribution is -2.08. The predicted octanol–water partition coefficient (Wildman–Crippen LogP) is 4.73. The fourth-order valence-corrected chi connectivity index (χ4v) is 2.47. The van der Waals surface area contributed by atoms with Crippen molar-refractivity contribution < 1.29 is 23.8 Å². The fourth-order valence-electron chi connectivity index (χ4n) is 2.47. The van der Waals surface area contributed by atoms with Crippen LogP contribution in [0.3, 0.4) is 0 Å². The molecule has 0 N–H and O–H groups in total. The van der Waals surface area contributed by atoms with Gasteiger partial charge in [-0.3, -0.25) is 0 Å². The largest absolute Gasteiger partial charge is 0.496 e. The highest BCUT2D eigenvalue weighted by molar-refractivity contribution is 5.89. The average Bonchev–Trinajstić information content (AvgIpc) is 2.80. The molecule has 0 heterocycles. The van der Waals surface area contributed by atoms with Gasteiger partial charge in [0.05, 0.1) is 7.11 Å². The molecule has 146 valence electrons. The summed E-state index contributed by atoms with van der Waals surface area (Å²) in [6.45, 7) is 12.3. The van der Waals surface area contributed by atoms with Crippen LogP contribution in [0, 0.1) is 5.92 Å². The molecule has 0 aliphatic heterocycles. The maximum Gasteiger partial charge on any atom is 0.338 e. The van der Waals surface area contributed by atoms with Crippen LogP contribution in [-0.2, 0) is 19.1 Å². The molecule has 0 saturated heterocycles. The van der Waals surface area contributed by atoms with Gasteiger partial charge in [0.2, 0.25) is 0 Å². The molecule has 0 spiro atoms. The first-order valence-corrected chi connectivity index (χ1v) is 8.76. The first-order valence-electron chi connectivity index (χ1n) is 8.76. The smallest absolute Gasteiger partial charge is 0.338 e. The summed E-state index contributed by atoms with van der Waals surface area (Å²) < 4.78 is 16.1. The topological polar surface area (TPSA) is 61.8 Å². The van der Waals surface area contributed by atoms with Gasteiger partial charge in [0.25, 0.3) is 0 Å². The Bertz CT molecular complexity index is 897. The Labute approximate surface area is 165 Å². The molecule has 0 radical (unpaired) electrons. The molecule has 1 aromatic carbocycles. The van der Waals surface area contributed by atoms with Crippen LogP contribution in [0.1, 0.15) is 26.3 Å². The van der Waals surface area contributed by atoms with E-state index in [1.807, 2.05) is 31.2 Å². The van der Waals surface area contributed by atoms with Gasteiger partial charge < -0.3 is 14.2 Å². The average molecular weight is 380 g/mol. The van der Waals surface area contributed by atoms with E-state index in [4.69, 9.17) is 14.2 Å². The summed E-state index contributed by atoms with van der Waals surface area (Å²) in [6.07, 6.45) is 5.51. The zero-order valence-corrected chi connectivity index (χ0v) is 16.6. The number of carbonyl (C=O) groups excluding carboxylic acids is 2. The van der Waals surface area contributed by atoms with Crippen LogP contribution in [0.25, 0.3) is 5.57 Å². The van der Waals surface area contributed by atoms with Gasteiger partial charge in [0.15, 0.2) is 0 Å². The second-order valence-corrected chi connectivity index (χ2v) is 6.59. The third-order valence-corrected chi connectivity index (χ3v) is 3.90. The maximum absolute atomic E-state index is 11.9. The van der Waals surface area contributed by atoms with E-state index < -0.39 is 11.9 Å². The van der Waals surface area contributed by atoms with Gasteiger partial charge in [-0.2, -0.15) is 0 Å². The second kappa shape index (κ2) is 9.04. The van der Waals surface area contributed by atoms with E-state index in [1.54, 1.807) is 39.2 Å². The van der Waals surface area contributed by atoms with Crippen LogP contribution >= 0.6 is 0 Å². The second-order valence-electron chi connectivity index (χ2n) is 6.59. The summed E-state index contributed by atoms with van der Waals surface area (Å²) in [7, 11) is 1.55. The molecular formula is C23H24O5. The minimum atomic E-state index is -0.489. The molecule has 1 aliphatic carbocycles. The van der Waals surface area contributed by atoms with Gasteiger partial charge in [-0.15, -0.1) is 0 Å². The summed E-state index contributed by atoms with van der Waals surface area (Å²) >= 11 is 0. The predicted molar refractivity (Wildman–Crippen MR) is 108 cm³/mol. The van der Waals surface area contributed by atoms with Crippen molar-refractivity contribution in [3.8, 4) is 5.75 Å². The lowest BCUT2D eigenvalue weighted by Gasteiger charge is -2.12. The normalized spacial score (nSPS) is 16.0.